The molecule has 0 amide bonds. The fourth-order valence-corrected chi connectivity index (χ4v) is 0.310. The Hall–Kier alpha value is -0.880. The molecule has 0 aliphatic heterocycles. The zero-order chi connectivity index (χ0) is 9.99. The predicted molar refractivity (Wildman–Crippen MR) is 27.2 cm³/mol. The Balaban J connectivity index is 4.61. The topological polar surface area (TPSA) is 9.23 Å². The van der Waals surface area contributed by atoms with Crippen molar-refractivity contribution in [2.24, 2.45) is 0 Å². The van der Waals surface area contributed by atoms with Crippen LogP contribution in [0.4, 0.5) is 26.3 Å². The summed E-state index contributed by atoms with van der Waals surface area (Å²) >= 11 is 0. The van der Waals surface area contributed by atoms with E-state index >= 15 is 0 Å². The van der Waals surface area contributed by atoms with Gasteiger partial charge in [-0.25, -0.2) is 8.78 Å². The summed E-state index contributed by atoms with van der Waals surface area (Å²) in [5, 5.41) is 0. The van der Waals surface area contributed by atoms with Crippen molar-refractivity contribution in [1.82, 2.24) is 0 Å². The summed E-state index contributed by atoms with van der Waals surface area (Å²) in [6, 6.07) is 0. The fourth-order valence-electron chi connectivity index (χ4n) is 0.310. The molecule has 12 heavy (non-hydrogen) atoms. The highest BCUT2D eigenvalue weighted by atomic mass is 19.3. The Morgan fingerprint density at radius 1 is 1.17 bits per heavy atom. The van der Waals surface area contributed by atoms with Crippen LogP contribution in [0, 0.1) is 0 Å². The molecule has 0 rings (SSSR count). The molecular weight excluding hydrogens is 190 g/mol. The second-order valence-electron chi connectivity index (χ2n) is 1.72. The molecule has 0 aliphatic rings. The molecule has 0 saturated heterocycles. The molecule has 0 heterocycles. The summed E-state index contributed by atoms with van der Waals surface area (Å²) in [5.74, 6) is -5.51. The van der Waals surface area contributed by atoms with Crippen molar-refractivity contribution in [2.75, 3.05) is 0 Å². The van der Waals surface area contributed by atoms with E-state index in [1.807, 2.05) is 0 Å². The molecular formula is C5H4F6O. The molecule has 0 aliphatic carbocycles. The number of rotatable bonds is 4. The van der Waals surface area contributed by atoms with E-state index in [1.54, 1.807) is 0 Å². The SMILES string of the molecule is C=COC(F)(F)C(F)(F)C(F)F. The van der Waals surface area contributed by atoms with Gasteiger partial charge < -0.3 is 4.74 Å². The first-order valence-electron chi connectivity index (χ1n) is 2.58. The summed E-state index contributed by atoms with van der Waals surface area (Å²) < 4.78 is 73.1. The molecule has 0 aromatic rings. The van der Waals surface area contributed by atoms with Crippen LogP contribution in [0.2, 0.25) is 0 Å². The first-order chi connectivity index (χ1) is 5.25. The lowest BCUT2D eigenvalue weighted by Crippen LogP contribution is -2.47. The van der Waals surface area contributed by atoms with Gasteiger partial charge in [0.05, 0.1) is 6.26 Å². The molecule has 0 fully saturated rings. The van der Waals surface area contributed by atoms with Crippen molar-refractivity contribution in [1.29, 1.82) is 0 Å². The van der Waals surface area contributed by atoms with E-state index in [2.05, 4.69) is 11.3 Å². The van der Waals surface area contributed by atoms with Gasteiger partial charge in [0.2, 0.25) is 0 Å². The van der Waals surface area contributed by atoms with Crippen molar-refractivity contribution in [3.63, 3.8) is 0 Å². The molecule has 0 spiro atoms. The Kier molecular flexibility index (Phi) is 3.00. The summed E-state index contributed by atoms with van der Waals surface area (Å²) in [6.45, 7) is 2.54. The lowest BCUT2D eigenvalue weighted by Gasteiger charge is -2.23. The van der Waals surface area contributed by atoms with Crippen molar-refractivity contribution in [3.8, 4) is 0 Å². The summed E-state index contributed by atoms with van der Waals surface area (Å²) in [5.41, 5.74) is 0. The first kappa shape index (κ1) is 11.1. The van der Waals surface area contributed by atoms with E-state index in [9.17, 15) is 26.3 Å². The zero-order valence-electron chi connectivity index (χ0n) is 5.54. The Morgan fingerprint density at radius 2 is 1.58 bits per heavy atom. The molecule has 1 nitrogen and oxygen atoms in total. The van der Waals surface area contributed by atoms with Crippen LogP contribution in [-0.4, -0.2) is 18.5 Å². The maximum absolute atomic E-state index is 11.9. The molecule has 0 N–H and O–H groups in total. The molecule has 72 valence electrons. The van der Waals surface area contributed by atoms with Crippen LogP contribution in [0.15, 0.2) is 12.8 Å². The highest BCUT2D eigenvalue weighted by molar-refractivity contribution is 4.81. The molecule has 0 bridgehead atoms. The smallest absolute Gasteiger partial charge is 0.436 e. The summed E-state index contributed by atoms with van der Waals surface area (Å²) in [7, 11) is 0. The van der Waals surface area contributed by atoms with E-state index in [-0.39, 0.29) is 6.26 Å². The van der Waals surface area contributed by atoms with Crippen LogP contribution in [0.3, 0.4) is 0 Å². The maximum Gasteiger partial charge on any atom is 0.469 e. The van der Waals surface area contributed by atoms with Crippen molar-refractivity contribution in [2.45, 2.75) is 18.5 Å². The number of alkyl halides is 6. The number of hydrogen-bond acceptors (Lipinski definition) is 1. The van der Waals surface area contributed by atoms with E-state index in [4.69, 9.17) is 0 Å². The first-order valence-corrected chi connectivity index (χ1v) is 2.58. The van der Waals surface area contributed by atoms with Crippen LogP contribution in [0.25, 0.3) is 0 Å². The molecule has 0 aromatic carbocycles. The minimum Gasteiger partial charge on any atom is -0.436 e. The molecule has 0 atom stereocenters. The molecule has 0 radical (unpaired) electrons. The van der Waals surface area contributed by atoms with Gasteiger partial charge in [0.25, 0.3) is 0 Å². The minimum atomic E-state index is -5.51. The van der Waals surface area contributed by atoms with Gasteiger partial charge in [-0.2, -0.15) is 17.6 Å². The number of ether oxygens (including phenoxy) is 1. The van der Waals surface area contributed by atoms with Gasteiger partial charge in [-0.1, -0.05) is 6.58 Å². The largest absolute Gasteiger partial charge is 0.469 e. The highest BCUT2D eigenvalue weighted by Crippen LogP contribution is 2.39. The van der Waals surface area contributed by atoms with E-state index < -0.39 is 18.5 Å². The molecule has 0 aromatic heterocycles. The van der Waals surface area contributed by atoms with Crippen molar-refractivity contribution >= 4 is 0 Å². The molecule has 0 saturated carbocycles. The average Bonchev–Trinajstić information content (AvgIpc) is 1.86. The van der Waals surface area contributed by atoms with Gasteiger partial charge in [0.15, 0.2) is 0 Å². The third kappa shape index (κ3) is 1.83. The number of hydrogen-bond donors (Lipinski definition) is 0. The van der Waals surface area contributed by atoms with Gasteiger partial charge in [0.1, 0.15) is 0 Å². The lowest BCUT2D eigenvalue weighted by molar-refractivity contribution is -0.356. The maximum atomic E-state index is 11.9. The van der Waals surface area contributed by atoms with Gasteiger partial charge >= 0.3 is 18.5 Å². The lowest BCUT2D eigenvalue weighted by atomic mass is 10.3. The third-order valence-electron chi connectivity index (χ3n) is 0.893. The minimum absolute atomic E-state index is 0.0315. The summed E-state index contributed by atoms with van der Waals surface area (Å²) in [4.78, 5) is 0. The average molecular weight is 194 g/mol. The second-order valence-corrected chi connectivity index (χ2v) is 1.72. The standard InChI is InChI=1S/C5H4F6O/c1-2-12-5(10,11)4(8,9)3(6)7/h2-3H,1H2. The van der Waals surface area contributed by atoms with Crippen LogP contribution in [0.5, 0.6) is 0 Å². The van der Waals surface area contributed by atoms with E-state index in [0.717, 1.165) is 0 Å². The van der Waals surface area contributed by atoms with Crippen LogP contribution < -0.4 is 0 Å². The van der Waals surface area contributed by atoms with Crippen molar-refractivity contribution in [3.05, 3.63) is 12.8 Å². The van der Waals surface area contributed by atoms with Gasteiger partial charge in [-0.3, -0.25) is 0 Å². The molecule has 0 unspecified atom stereocenters. The van der Waals surface area contributed by atoms with Gasteiger partial charge in [-0.05, 0) is 0 Å². The quantitative estimate of drug-likeness (QED) is 0.493. The molecule has 7 heteroatoms. The third-order valence-corrected chi connectivity index (χ3v) is 0.893. The van der Waals surface area contributed by atoms with Gasteiger partial charge in [0, 0.05) is 0 Å². The highest BCUT2D eigenvalue weighted by Gasteiger charge is 2.65. The van der Waals surface area contributed by atoms with E-state index in [1.165, 1.54) is 0 Å². The second kappa shape index (κ2) is 3.24. The monoisotopic (exact) mass is 194 g/mol. The van der Waals surface area contributed by atoms with Crippen molar-refractivity contribution < 1.29 is 31.1 Å². The summed E-state index contributed by atoms with van der Waals surface area (Å²) in [6.07, 6.45) is -9.76. The Bertz CT molecular complexity index is 165. The van der Waals surface area contributed by atoms with Crippen LogP contribution in [0.1, 0.15) is 0 Å². The predicted octanol–water partition coefficient (Wildman–Crippen LogP) is 2.64. The fraction of sp³-hybridized carbons (Fsp3) is 0.600. The van der Waals surface area contributed by atoms with E-state index in [0.29, 0.717) is 0 Å². The van der Waals surface area contributed by atoms with Gasteiger partial charge in [-0.15, -0.1) is 0 Å². The van der Waals surface area contributed by atoms with Crippen LogP contribution >= 0.6 is 0 Å². The normalized spacial score (nSPS) is 13.2. The number of halogens is 6. The Labute approximate surface area is 63.6 Å². The Morgan fingerprint density at radius 3 is 1.83 bits per heavy atom. The van der Waals surface area contributed by atoms with Crippen LogP contribution in [-0.2, 0) is 4.74 Å². The zero-order valence-corrected chi connectivity index (χ0v) is 5.54.